The van der Waals surface area contributed by atoms with Gasteiger partial charge in [-0.2, -0.15) is 9.99 Å². The van der Waals surface area contributed by atoms with E-state index in [0.717, 1.165) is 10.9 Å². The van der Waals surface area contributed by atoms with Crippen molar-refractivity contribution >= 4 is 29.2 Å². The topological polar surface area (TPSA) is 77.0 Å². The van der Waals surface area contributed by atoms with E-state index >= 15 is 0 Å². The Hall–Kier alpha value is -1.84. The lowest BCUT2D eigenvalue weighted by Crippen LogP contribution is -2.46. The van der Waals surface area contributed by atoms with Crippen LogP contribution >= 0.6 is 23.2 Å². The van der Waals surface area contributed by atoms with Gasteiger partial charge in [0.15, 0.2) is 0 Å². The Morgan fingerprint density at radius 2 is 1.76 bits per heavy atom. The van der Waals surface area contributed by atoms with Gasteiger partial charge < -0.3 is 0 Å². The van der Waals surface area contributed by atoms with E-state index < -0.39 is 22.9 Å². The molecule has 2 aromatic rings. The second kappa shape index (κ2) is 5.51. The van der Waals surface area contributed by atoms with Gasteiger partial charge in [-0.05, 0) is 18.2 Å². The molecule has 0 aliphatic heterocycles. The van der Waals surface area contributed by atoms with Gasteiger partial charge >= 0.3 is 12.0 Å². The van der Waals surface area contributed by atoms with Gasteiger partial charge in [0.05, 0.1) is 5.69 Å². The van der Waals surface area contributed by atoms with Gasteiger partial charge in [-0.3, -0.25) is 4.57 Å². The van der Waals surface area contributed by atoms with Crippen molar-refractivity contribution in [3.8, 4) is 5.69 Å². The monoisotopic (exact) mass is 339 g/mol. The maximum atomic E-state index is 12.4. The first-order chi connectivity index (χ1) is 9.68. The van der Waals surface area contributed by atoms with Gasteiger partial charge in [0.1, 0.15) is 6.33 Å². The van der Waals surface area contributed by atoms with Crippen molar-refractivity contribution in [3.05, 3.63) is 45.1 Å². The van der Waals surface area contributed by atoms with E-state index in [1.54, 1.807) is 0 Å². The van der Waals surface area contributed by atoms with Crippen LogP contribution in [-0.4, -0.2) is 20.8 Å². The molecule has 0 atom stereocenters. The summed E-state index contributed by atoms with van der Waals surface area (Å²) in [4.78, 5) is 18.3. The normalized spacial score (nSPS) is 11.5. The lowest BCUT2D eigenvalue weighted by atomic mass is 10.3. The molecule has 0 bridgehead atoms. The fourth-order valence-corrected chi connectivity index (χ4v) is 1.93. The molecule has 6 nitrogen and oxygen atoms in total. The molecule has 0 aliphatic carbocycles. The van der Waals surface area contributed by atoms with E-state index in [-0.39, 0.29) is 15.7 Å². The number of benzene rings is 1. The Morgan fingerprint density at radius 1 is 1.19 bits per heavy atom. The van der Waals surface area contributed by atoms with Crippen LogP contribution in [0.15, 0.2) is 29.3 Å². The van der Waals surface area contributed by atoms with E-state index in [1.165, 1.54) is 18.2 Å². The van der Waals surface area contributed by atoms with Crippen molar-refractivity contribution in [2.75, 3.05) is 5.01 Å². The average Bonchev–Trinajstić information content (AvgIpc) is 2.35. The maximum Gasteiger partial charge on any atom is 0.501 e. The molecule has 0 fully saturated rings. The third-order valence-electron chi connectivity index (χ3n) is 2.30. The maximum absolute atomic E-state index is 12.4. The van der Waals surface area contributed by atoms with Crippen molar-refractivity contribution in [2.24, 2.45) is 5.84 Å². The van der Waals surface area contributed by atoms with Crippen LogP contribution in [0.5, 0.6) is 0 Å². The number of hydrogen-bond donors (Lipinski definition) is 1. The molecule has 21 heavy (non-hydrogen) atoms. The number of nitrogens with two attached hydrogens (primary N) is 1. The first kappa shape index (κ1) is 15.5. The minimum Gasteiger partial charge on any atom is -0.251 e. The second-order valence-electron chi connectivity index (χ2n) is 3.77. The predicted octanol–water partition coefficient (Wildman–Crippen LogP) is 2.13. The summed E-state index contributed by atoms with van der Waals surface area (Å²) in [5.74, 6) is 3.80. The first-order valence-electron chi connectivity index (χ1n) is 5.22. The average molecular weight is 340 g/mol. The van der Waals surface area contributed by atoms with Crippen molar-refractivity contribution in [2.45, 2.75) is 6.30 Å². The van der Waals surface area contributed by atoms with E-state index in [0.29, 0.717) is 0 Å². The second-order valence-corrected chi connectivity index (χ2v) is 4.65. The third kappa shape index (κ3) is 3.43. The lowest BCUT2D eigenvalue weighted by Gasteiger charge is -2.18. The van der Waals surface area contributed by atoms with Crippen LogP contribution in [0.25, 0.3) is 5.69 Å². The van der Waals surface area contributed by atoms with E-state index in [9.17, 15) is 18.0 Å². The van der Waals surface area contributed by atoms with Crippen molar-refractivity contribution in [1.82, 2.24) is 14.5 Å². The van der Waals surface area contributed by atoms with Gasteiger partial charge in [0.2, 0.25) is 0 Å². The van der Waals surface area contributed by atoms with Crippen LogP contribution in [0.4, 0.5) is 19.1 Å². The highest BCUT2D eigenvalue weighted by Gasteiger charge is 2.37. The predicted molar refractivity (Wildman–Crippen MR) is 70.4 cm³/mol. The summed E-state index contributed by atoms with van der Waals surface area (Å²) in [6.07, 6.45) is -4.06. The Bertz CT molecular complexity index is 713. The molecule has 2 rings (SSSR count). The van der Waals surface area contributed by atoms with Crippen LogP contribution in [-0.2, 0) is 0 Å². The van der Waals surface area contributed by atoms with E-state index in [4.69, 9.17) is 29.0 Å². The summed E-state index contributed by atoms with van der Waals surface area (Å²) < 4.78 is 38.0. The Balaban J connectivity index is 2.47. The third-order valence-corrected chi connectivity index (χ3v) is 2.74. The number of anilines is 1. The molecule has 1 heterocycles. The summed E-state index contributed by atoms with van der Waals surface area (Å²) >= 11 is 11.6. The molecule has 0 amide bonds. The zero-order chi connectivity index (χ0) is 15.8. The van der Waals surface area contributed by atoms with Gasteiger partial charge in [-0.25, -0.2) is 15.6 Å². The van der Waals surface area contributed by atoms with E-state index in [1.807, 2.05) is 0 Å². The Morgan fingerprint density at radius 3 is 2.24 bits per heavy atom. The Kier molecular flexibility index (Phi) is 4.08. The van der Waals surface area contributed by atoms with Crippen LogP contribution in [0.3, 0.4) is 0 Å². The summed E-state index contributed by atoms with van der Waals surface area (Å²) in [5.41, 5.74) is -0.808. The van der Waals surface area contributed by atoms with E-state index in [2.05, 4.69) is 9.97 Å². The number of alkyl halides is 3. The van der Waals surface area contributed by atoms with Crippen LogP contribution in [0, 0.1) is 0 Å². The lowest BCUT2D eigenvalue weighted by molar-refractivity contribution is -0.130. The minimum atomic E-state index is -4.90. The zero-order valence-electron chi connectivity index (χ0n) is 9.97. The molecule has 112 valence electrons. The molecular weight excluding hydrogens is 334 g/mol. The molecule has 11 heteroatoms. The summed E-state index contributed by atoms with van der Waals surface area (Å²) in [6.45, 7) is 0. The molecule has 1 aromatic heterocycles. The van der Waals surface area contributed by atoms with Gasteiger partial charge in [0, 0.05) is 10.0 Å². The number of aromatic nitrogens is 3. The molecule has 0 unspecified atom stereocenters. The number of hydrogen-bond acceptors (Lipinski definition) is 5. The van der Waals surface area contributed by atoms with Gasteiger partial charge in [-0.1, -0.05) is 23.2 Å². The standard InChI is InChI=1S/C10H6Cl2F3N5O/c11-5-1-6(12)3-7(2-5)19-4-17-8(18-9(19)21)20(16)10(13,14)15/h1-4H,16H2. The molecule has 0 saturated heterocycles. The number of hydrazine groups is 1. The summed E-state index contributed by atoms with van der Waals surface area (Å²) in [7, 11) is 0. The van der Waals surface area contributed by atoms with Crippen LogP contribution < -0.4 is 16.5 Å². The van der Waals surface area contributed by atoms with Gasteiger partial charge in [-0.15, -0.1) is 13.2 Å². The minimum absolute atomic E-state index is 0.208. The zero-order valence-corrected chi connectivity index (χ0v) is 11.5. The number of nitrogens with zero attached hydrogens (tertiary/aromatic N) is 4. The highest BCUT2D eigenvalue weighted by molar-refractivity contribution is 6.34. The van der Waals surface area contributed by atoms with Gasteiger partial charge in [0.25, 0.3) is 5.95 Å². The summed E-state index contributed by atoms with van der Waals surface area (Å²) in [5, 5.41) is -0.183. The quantitative estimate of drug-likeness (QED) is 0.515. The highest BCUT2D eigenvalue weighted by Crippen LogP contribution is 2.22. The van der Waals surface area contributed by atoms with Crippen molar-refractivity contribution in [1.29, 1.82) is 0 Å². The fourth-order valence-electron chi connectivity index (χ4n) is 1.41. The molecule has 0 aliphatic rings. The smallest absolute Gasteiger partial charge is 0.251 e. The van der Waals surface area contributed by atoms with Crippen molar-refractivity contribution < 1.29 is 13.2 Å². The molecule has 0 radical (unpaired) electrons. The first-order valence-corrected chi connectivity index (χ1v) is 5.98. The number of rotatable bonds is 2. The van der Waals surface area contributed by atoms with Crippen LogP contribution in [0.1, 0.15) is 0 Å². The largest absolute Gasteiger partial charge is 0.501 e. The number of halogens is 5. The van der Waals surface area contributed by atoms with Crippen LogP contribution in [0.2, 0.25) is 10.0 Å². The summed E-state index contributed by atoms with van der Waals surface area (Å²) in [6, 6.07) is 4.18. The Labute approximate surface area is 125 Å². The van der Waals surface area contributed by atoms with Crippen molar-refractivity contribution in [3.63, 3.8) is 0 Å². The molecule has 0 saturated carbocycles. The highest BCUT2D eigenvalue weighted by atomic mass is 35.5. The SMILES string of the molecule is NN(c1ncn(-c2cc(Cl)cc(Cl)c2)c(=O)n1)C(F)(F)F. The molecular formula is C10H6Cl2F3N5O. The molecule has 2 N–H and O–H groups in total. The molecule has 0 spiro atoms. The molecule has 1 aromatic carbocycles. The fraction of sp³-hybridized carbons (Fsp3) is 0.100.